The number of piperazine rings is 1. The van der Waals surface area contributed by atoms with Gasteiger partial charge in [0.05, 0.1) is 19.4 Å². The van der Waals surface area contributed by atoms with E-state index in [4.69, 9.17) is 9.15 Å². The first-order chi connectivity index (χ1) is 9.83. The lowest BCUT2D eigenvalue weighted by Gasteiger charge is -2.36. The Hall–Kier alpha value is -1.37. The fourth-order valence-electron chi connectivity index (χ4n) is 2.68. The van der Waals surface area contributed by atoms with Gasteiger partial charge >= 0.3 is 0 Å². The minimum absolute atomic E-state index is 0.120. The lowest BCUT2D eigenvalue weighted by Crippen LogP contribution is -2.54. The van der Waals surface area contributed by atoms with Crippen molar-refractivity contribution in [1.82, 2.24) is 15.1 Å². The van der Waals surface area contributed by atoms with E-state index in [0.717, 1.165) is 45.0 Å². The van der Waals surface area contributed by atoms with Crippen LogP contribution in [0.25, 0.3) is 0 Å². The fourth-order valence-corrected chi connectivity index (χ4v) is 2.68. The minimum Gasteiger partial charge on any atom is -0.468 e. The quantitative estimate of drug-likeness (QED) is 0.838. The molecular formula is C14H21N3O3. The Morgan fingerprint density at radius 1 is 1.35 bits per heavy atom. The van der Waals surface area contributed by atoms with Crippen molar-refractivity contribution < 1.29 is 13.9 Å². The van der Waals surface area contributed by atoms with E-state index in [1.54, 1.807) is 6.26 Å². The molecule has 3 rings (SSSR count). The number of carbonyl (C=O) groups is 1. The first kappa shape index (κ1) is 13.6. The Kier molecular flexibility index (Phi) is 4.34. The molecule has 110 valence electrons. The van der Waals surface area contributed by atoms with Crippen LogP contribution in [0.3, 0.4) is 0 Å². The van der Waals surface area contributed by atoms with Crippen LogP contribution in [-0.4, -0.2) is 67.7 Å². The van der Waals surface area contributed by atoms with Gasteiger partial charge in [-0.25, -0.2) is 0 Å². The van der Waals surface area contributed by atoms with Crippen LogP contribution in [0.1, 0.15) is 5.76 Å². The molecule has 1 N–H and O–H groups in total. The van der Waals surface area contributed by atoms with E-state index in [-0.39, 0.29) is 12.0 Å². The number of nitrogens with one attached hydrogen (secondary N) is 1. The number of nitrogens with zero attached hydrogens (tertiary/aromatic N) is 2. The number of hydrogen-bond acceptors (Lipinski definition) is 5. The van der Waals surface area contributed by atoms with Gasteiger partial charge in [0.25, 0.3) is 5.91 Å². The molecule has 1 unspecified atom stereocenters. The molecule has 2 saturated heterocycles. The number of amides is 1. The SMILES string of the molecule is O=C(C1CNCCO1)N1CCN(Cc2ccco2)CC1. The van der Waals surface area contributed by atoms with Crippen LogP contribution in [0, 0.1) is 0 Å². The summed E-state index contributed by atoms with van der Waals surface area (Å²) in [7, 11) is 0. The zero-order valence-corrected chi connectivity index (χ0v) is 11.6. The maximum atomic E-state index is 12.3. The summed E-state index contributed by atoms with van der Waals surface area (Å²) in [5.74, 6) is 1.10. The number of morpholine rings is 1. The molecule has 0 radical (unpaired) electrons. The lowest BCUT2D eigenvalue weighted by molar-refractivity contribution is -0.147. The van der Waals surface area contributed by atoms with Crippen molar-refractivity contribution in [2.45, 2.75) is 12.6 Å². The number of rotatable bonds is 3. The van der Waals surface area contributed by atoms with Gasteiger partial charge in [0.15, 0.2) is 0 Å². The molecule has 2 fully saturated rings. The summed E-state index contributed by atoms with van der Waals surface area (Å²) in [6.45, 7) is 6.19. The van der Waals surface area contributed by atoms with Crippen molar-refractivity contribution in [1.29, 1.82) is 0 Å². The molecular weight excluding hydrogens is 258 g/mol. The average molecular weight is 279 g/mol. The van der Waals surface area contributed by atoms with Crippen LogP contribution in [0.2, 0.25) is 0 Å². The molecule has 1 atom stereocenters. The highest BCUT2D eigenvalue weighted by molar-refractivity contribution is 5.81. The molecule has 2 aliphatic heterocycles. The van der Waals surface area contributed by atoms with Gasteiger partial charge in [-0.05, 0) is 12.1 Å². The fraction of sp³-hybridized carbons (Fsp3) is 0.643. The van der Waals surface area contributed by atoms with E-state index in [0.29, 0.717) is 13.2 Å². The van der Waals surface area contributed by atoms with Crippen molar-refractivity contribution in [2.75, 3.05) is 45.9 Å². The van der Waals surface area contributed by atoms with Crippen molar-refractivity contribution in [3.05, 3.63) is 24.2 Å². The Bertz CT molecular complexity index is 421. The van der Waals surface area contributed by atoms with Crippen molar-refractivity contribution in [2.24, 2.45) is 0 Å². The van der Waals surface area contributed by atoms with Crippen LogP contribution in [-0.2, 0) is 16.1 Å². The van der Waals surface area contributed by atoms with Crippen molar-refractivity contribution in [3.63, 3.8) is 0 Å². The van der Waals surface area contributed by atoms with Gasteiger partial charge in [-0.3, -0.25) is 9.69 Å². The van der Waals surface area contributed by atoms with Crippen LogP contribution in [0.5, 0.6) is 0 Å². The monoisotopic (exact) mass is 279 g/mol. The van der Waals surface area contributed by atoms with Crippen LogP contribution < -0.4 is 5.32 Å². The molecule has 0 aromatic carbocycles. The highest BCUT2D eigenvalue weighted by Crippen LogP contribution is 2.11. The molecule has 2 aliphatic rings. The third-order valence-corrected chi connectivity index (χ3v) is 3.85. The molecule has 0 spiro atoms. The first-order valence-electron chi connectivity index (χ1n) is 7.19. The van der Waals surface area contributed by atoms with E-state index in [1.165, 1.54) is 0 Å². The molecule has 1 aromatic rings. The van der Waals surface area contributed by atoms with E-state index >= 15 is 0 Å². The second kappa shape index (κ2) is 6.39. The number of carbonyl (C=O) groups excluding carboxylic acids is 1. The maximum absolute atomic E-state index is 12.3. The molecule has 20 heavy (non-hydrogen) atoms. The number of hydrogen-bond donors (Lipinski definition) is 1. The van der Waals surface area contributed by atoms with E-state index < -0.39 is 0 Å². The molecule has 6 nitrogen and oxygen atoms in total. The zero-order chi connectivity index (χ0) is 13.8. The van der Waals surface area contributed by atoms with Gasteiger partial charge in [-0.2, -0.15) is 0 Å². The van der Waals surface area contributed by atoms with Crippen LogP contribution in [0.15, 0.2) is 22.8 Å². The van der Waals surface area contributed by atoms with Gasteiger partial charge in [-0.15, -0.1) is 0 Å². The topological polar surface area (TPSA) is 58.0 Å². The van der Waals surface area contributed by atoms with Gasteiger partial charge in [0.1, 0.15) is 11.9 Å². The van der Waals surface area contributed by atoms with Gasteiger partial charge < -0.3 is 19.4 Å². The molecule has 6 heteroatoms. The predicted octanol–water partition coefficient (Wildman–Crippen LogP) is -0.0878. The normalized spacial score (nSPS) is 24.8. The standard InChI is InChI=1S/C14H21N3O3/c18-14(13-10-15-3-9-20-13)17-6-4-16(5-7-17)11-12-2-1-8-19-12/h1-2,8,13,15H,3-7,9-11H2. The van der Waals surface area contributed by atoms with Crippen LogP contribution >= 0.6 is 0 Å². The smallest absolute Gasteiger partial charge is 0.253 e. The second-order valence-corrected chi connectivity index (χ2v) is 5.24. The van der Waals surface area contributed by atoms with E-state index in [9.17, 15) is 4.79 Å². The lowest BCUT2D eigenvalue weighted by atomic mass is 10.2. The Labute approximate surface area is 118 Å². The summed E-state index contributed by atoms with van der Waals surface area (Å²) < 4.78 is 10.9. The van der Waals surface area contributed by atoms with E-state index in [1.807, 2.05) is 17.0 Å². The van der Waals surface area contributed by atoms with E-state index in [2.05, 4.69) is 10.2 Å². The third-order valence-electron chi connectivity index (χ3n) is 3.85. The Morgan fingerprint density at radius 3 is 2.85 bits per heavy atom. The zero-order valence-electron chi connectivity index (χ0n) is 11.6. The molecule has 1 aromatic heterocycles. The summed E-state index contributed by atoms with van der Waals surface area (Å²) in [5, 5.41) is 3.20. The summed E-state index contributed by atoms with van der Waals surface area (Å²) in [5.41, 5.74) is 0. The summed E-state index contributed by atoms with van der Waals surface area (Å²) >= 11 is 0. The van der Waals surface area contributed by atoms with Crippen molar-refractivity contribution >= 4 is 5.91 Å². The summed E-state index contributed by atoms with van der Waals surface area (Å²) in [4.78, 5) is 16.5. The first-order valence-corrected chi connectivity index (χ1v) is 7.19. The van der Waals surface area contributed by atoms with Gasteiger partial charge in [0.2, 0.25) is 0 Å². The largest absolute Gasteiger partial charge is 0.468 e. The van der Waals surface area contributed by atoms with Gasteiger partial charge in [-0.1, -0.05) is 0 Å². The number of furan rings is 1. The Morgan fingerprint density at radius 2 is 2.20 bits per heavy atom. The minimum atomic E-state index is -0.305. The average Bonchev–Trinajstić information content (AvgIpc) is 3.01. The molecule has 1 amide bonds. The van der Waals surface area contributed by atoms with Gasteiger partial charge in [0, 0.05) is 39.3 Å². The highest BCUT2D eigenvalue weighted by Gasteiger charge is 2.29. The third kappa shape index (κ3) is 3.20. The van der Waals surface area contributed by atoms with Crippen molar-refractivity contribution in [3.8, 4) is 0 Å². The maximum Gasteiger partial charge on any atom is 0.253 e. The molecule has 0 bridgehead atoms. The van der Waals surface area contributed by atoms with Crippen LogP contribution in [0.4, 0.5) is 0 Å². The summed E-state index contributed by atoms with van der Waals surface area (Å²) in [6, 6.07) is 3.89. The molecule has 0 aliphatic carbocycles. The predicted molar refractivity (Wildman–Crippen MR) is 73.2 cm³/mol. The second-order valence-electron chi connectivity index (χ2n) is 5.24. The Balaban J connectivity index is 1.46. The molecule has 3 heterocycles. The summed E-state index contributed by atoms with van der Waals surface area (Å²) in [6.07, 6.45) is 1.39. The molecule has 0 saturated carbocycles. The highest BCUT2D eigenvalue weighted by atomic mass is 16.5. The number of ether oxygens (including phenoxy) is 1.